The number of benzene rings is 1. The van der Waals surface area contributed by atoms with Crippen LogP contribution in [0.5, 0.6) is 0 Å². The molecule has 5 nitrogen and oxygen atoms in total. The quantitative estimate of drug-likeness (QED) is 0.804. The van der Waals surface area contributed by atoms with Gasteiger partial charge in [0, 0.05) is 18.0 Å². The molecule has 0 radical (unpaired) electrons. The predicted molar refractivity (Wildman–Crippen MR) is 77.1 cm³/mol. The Balaban J connectivity index is 2.30. The number of nitrogens with zero attached hydrogens (tertiary/aromatic N) is 2. The summed E-state index contributed by atoms with van der Waals surface area (Å²) < 4.78 is 0. The van der Waals surface area contributed by atoms with Gasteiger partial charge in [-0.25, -0.2) is 9.97 Å². The number of carbonyl (C=O) groups excluding carboxylic acids is 1. The Labute approximate surface area is 117 Å². The number of rotatable bonds is 2. The zero-order valence-corrected chi connectivity index (χ0v) is 11.1. The molecule has 100 valence electrons. The standard InChI is InChI=1S/C15H14N4O/c1-11-5-6-13(12(10-11)4-2-7-16)14(20)19-15-17-8-3-9-18-15/h3,5-6,8-10H,7,16H2,1H3,(H,17,18,19,20). The van der Waals surface area contributed by atoms with Gasteiger partial charge in [0.05, 0.1) is 12.1 Å². The highest BCUT2D eigenvalue weighted by Crippen LogP contribution is 2.12. The van der Waals surface area contributed by atoms with E-state index in [0.29, 0.717) is 11.1 Å². The van der Waals surface area contributed by atoms with E-state index in [1.807, 2.05) is 19.1 Å². The first-order chi connectivity index (χ1) is 9.70. The van der Waals surface area contributed by atoms with Crippen molar-refractivity contribution in [2.24, 2.45) is 5.73 Å². The van der Waals surface area contributed by atoms with Gasteiger partial charge in [-0.05, 0) is 30.7 Å². The van der Waals surface area contributed by atoms with Crippen LogP contribution >= 0.6 is 0 Å². The van der Waals surface area contributed by atoms with Gasteiger partial charge in [-0.1, -0.05) is 17.9 Å². The van der Waals surface area contributed by atoms with E-state index in [4.69, 9.17) is 5.73 Å². The number of anilines is 1. The molecule has 0 fully saturated rings. The maximum Gasteiger partial charge on any atom is 0.259 e. The zero-order chi connectivity index (χ0) is 14.4. The van der Waals surface area contributed by atoms with Crippen LogP contribution in [0.15, 0.2) is 36.7 Å². The van der Waals surface area contributed by atoms with E-state index in [-0.39, 0.29) is 18.4 Å². The molecule has 1 aromatic heterocycles. The number of hydrogen-bond acceptors (Lipinski definition) is 4. The maximum absolute atomic E-state index is 12.2. The molecule has 0 spiro atoms. The summed E-state index contributed by atoms with van der Waals surface area (Å²) in [5.41, 5.74) is 7.52. The number of amides is 1. The molecule has 0 aliphatic heterocycles. The Bertz CT molecular complexity index is 671. The largest absolute Gasteiger partial charge is 0.320 e. The smallest absolute Gasteiger partial charge is 0.259 e. The molecule has 1 heterocycles. The third-order valence-electron chi connectivity index (χ3n) is 2.54. The highest BCUT2D eigenvalue weighted by molar-refractivity contribution is 6.05. The molecule has 0 aliphatic carbocycles. The fraction of sp³-hybridized carbons (Fsp3) is 0.133. The van der Waals surface area contributed by atoms with Crippen LogP contribution in [0.1, 0.15) is 21.5 Å². The first-order valence-corrected chi connectivity index (χ1v) is 6.08. The summed E-state index contributed by atoms with van der Waals surface area (Å²) in [6, 6.07) is 7.12. The van der Waals surface area contributed by atoms with E-state index in [0.717, 1.165) is 5.56 Å². The van der Waals surface area contributed by atoms with Crippen molar-refractivity contribution in [3.63, 3.8) is 0 Å². The summed E-state index contributed by atoms with van der Waals surface area (Å²) in [5, 5.41) is 2.63. The number of aryl methyl sites for hydroxylation is 1. The molecular weight excluding hydrogens is 252 g/mol. The third-order valence-corrected chi connectivity index (χ3v) is 2.54. The van der Waals surface area contributed by atoms with Gasteiger partial charge in [0.25, 0.3) is 5.91 Å². The first-order valence-electron chi connectivity index (χ1n) is 6.08. The van der Waals surface area contributed by atoms with Gasteiger partial charge in [-0.15, -0.1) is 0 Å². The van der Waals surface area contributed by atoms with Gasteiger partial charge >= 0.3 is 0 Å². The van der Waals surface area contributed by atoms with Crippen LogP contribution in [0.4, 0.5) is 5.95 Å². The Hall–Kier alpha value is -2.71. The Morgan fingerprint density at radius 3 is 2.80 bits per heavy atom. The normalized spacial score (nSPS) is 9.50. The second-order valence-electron chi connectivity index (χ2n) is 4.08. The molecule has 0 unspecified atom stereocenters. The molecule has 0 saturated heterocycles. The number of nitrogens with one attached hydrogen (secondary N) is 1. The minimum absolute atomic E-state index is 0.247. The minimum Gasteiger partial charge on any atom is -0.320 e. The topological polar surface area (TPSA) is 80.9 Å². The molecular formula is C15H14N4O. The van der Waals surface area contributed by atoms with E-state index in [2.05, 4.69) is 27.1 Å². The lowest BCUT2D eigenvalue weighted by Crippen LogP contribution is -2.15. The molecule has 1 amide bonds. The predicted octanol–water partition coefficient (Wildman–Crippen LogP) is 1.35. The van der Waals surface area contributed by atoms with Gasteiger partial charge in [-0.3, -0.25) is 10.1 Å². The molecule has 0 atom stereocenters. The van der Waals surface area contributed by atoms with Crippen LogP contribution in [-0.4, -0.2) is 22.4 Å². The molecule has 2 aromatic rings. The summed E-state index contributed by atoms with van der Waals surface area (Å²) in [6.07, 6.45) is 3.12. The summed E-state index contributed by atoms with van der Waals surface area (Å²) >= 11 is 0. The van der Waals surface area contributed by atoms with Crippen molar-refractivity contribution < 1.29 is 4.79 Å². The lowest BCUT2D eigenvalue weighted by atomic mass is 10.0. The second kappa shape index (κ2) is 6.45. The average molecular weight is 266 g/mol. The molecule has 1 aromatic carbocycles. The molecule has 5 heteroatoms. The average Bonchev–Trinajstić information content (AvgIpc) is 2.46. The molecule has 0 aliphatic rings. The first kappa shape index (κ1) is 13.7. The molecule has 0 saturated carbocycles. The van der Waals surface area contributed by atoms with Crippen LogP contribution in [-0.2, 0) is 0 Å². The summed E-state index contributed by atoms with van der Waals surface area (Å²) in [4.78, 5) is 20.1. The van der Waals surface area contributed by atoms with Gasteiger partial charge < -0.3 is 5.73 Å². The molecule has 20 heavy (non-hydrogen) atoms. The Morgan fingerprint density at radius 2 is 2.10 bits per heavy atom. The summed E-state index contributed by atoms with van der Waals surface area (Å²) in [7, 11) is 0. The van der Waals surface area contributed by atoms with Crippen LogP contribution in [0.2, 0.25) is 0 Å². The Kier molecular flexibility index (Phi) is 4.43. The molecule has 3 N–H and O–H groups in total. The van der Waals surface area contributed by atoms with Crippen LogP contribution in [0, 0.1) is 18.8 Å². The third kappa shape index (κ3) is 3.40. The van der Waals surface area contributed by atoms with Crippen molar-refractivity contribution in [2.45, 2.75) is 6.92 Å². The highest BCUT2D eigenvalue weighted by Gasteiger charge is 2.11. The summed E-state index contributed by atoms with van der Waals surface area (Å²) in [5.74, 6) is 5.63. The van der Waals surface area contributed by atoms with Crippen molar-refractivity contribution in [2.75, 3.05) is 11.9 Å². The van der Waals surface area contributed by atoms with Gasteiger partial charge in [0.1, 0.15) is 0 Å². The number of nitrogens with two attached hydrogens (primary N) is 1. The van der Waals surface area contributed by atoms with Gasteiger partial charge in [0.2, 0.25) is 5.95 Å². The van der Waals surface area contributed by atoms with Crippen molar-refractivity contribution in [3.05, 3.63) is 53.3 Å². The van der Waals surface area contributed by atoms with Crippen LogP contribution < -0.4 is 11.1 Å². The van der Waals surface area contributed by atoms with Crippen molar-refractivity contribution in [1.82, 2.24) is 9.97 Å². The SMILES string of the molecule is Cc1ccc(C(=O)Nc2ncccn2)c(C#CCN)c1. The van der Waals surface area contributed by atoms with Crippen molar-refractivity contribution >= 4 is 11.9 Å². The fourth-order valence-electron chi connectivity index (χ4n) is 1.64. The van der Waals surface area contributed by atoms with Crippen molar-refractivity contribution in [1.29, 1.82) is 0 Å². The molecule has 0 bridgehead atoms. The van der Waals surface area contributed by atoms with Crippen molar-refractivity contribution in [3.8, 4) is 11.8 Å². The van der Waals surface area contributed by atoms with Crippen LogP contribution in [0.3, 0.4) is 0 Å². The van der Waals surface area contributed by atoms with E-state index < -0.39 is 0 Å². The van der Waals surface area contributed by atoms with Crippen LogP contribution in [0.25, 0.3) is 0 Å². The monoisotopic (exact) mass is 266 g/mol. The van der Waals surface area contributed by atoms with E-state index in [9.17, 15) is 4.79 Å². The Morgan fingerprint density at radius 1 is 1.35 bits per heavy atom. The summed E-state index contributed by atoms with van der Waals surface area (Å²) in [6.45, 7) is 2.19. The van der Waals surface area contributed by atoms with Gasteiger partial charge in [0.15, 0.2) is 0 Å². The fourth-order valence-corrected chi connectivity index (χ4v) is 1.64. The molecule has 2 rings (SSSR count). The highest BCUT2D eigenvalue weighted by atomic mass is 16.1. The van der Waals surface area contributed by atoms with E-state index in [1.165, 1.54) is 0 Å². The second-order valence-corrected chi connectivity index (χ2v) is 4.08. The zero-order valence-electron chi connectivity index (χ0n) is 11.1. The number of hydrogen-bond donors (Lipinski definition) is 2. The number of carbonyl (C=O) groups is 1. The van der Waals surface area contributed by atoms with E-state index in [1.54, 1.807) is 24.5 Å². The number of aromatic nitrogens is 2. The van der Waals surface area contributed by atoms with E-state index >= 15 is 0 Å². The lowest BCUT2D eigenvalue weighted by Gasteiger charge is -2.06. The lowest BCUT2D eigenvalue weighted by molar-refractivity contribution is 0.102. The maximum atomic E-state index is 12.2. The minimum atomic E-state index is -0.294. The van der Waals surface area contributed by atoms with Gasteiger partial charge in [-0.2, -0.15) is 0 Å².